The Morgan fingerprint density at radius 2 is 2.17 bits per heavy atom. The first-order valence-corrected chi connectivity index (χ1v) is 6.78. The molecular weight excluding hydrogens is 316 g/mol. The first kappa shape index (κ1) is 15.3. The van der Waals surface area contributed by atoms with Crippen LogP contribution in [0, 0.1) is 10.1 Å². The molecule has 0 saturated carbocycles. The van der Waals surface area contributed by atoms with Crippen LogP contribution >= 0.6 is 0 Å². The van der Waals surface area contributed by atoms with E-state index in [4.69, 9.17) is 9.15 Å². The maximum atomic E-state index is 10.7. The molecule has 2 N–H and O–H groups in total. The Bertz CT molecular complexity index is 912. The second kappa shape index (κ2) is 6.24. The lowest BCUT2D eigenvalue weighted by Crippen LogP contribution is -1.84. The molecule has 2 heterocycles. The van der Waals surface area contributed by atoms with Gasteiger partial charge < -0.3 is 19.2 Å². The van der Waals surface area contributed by atoms with E-state index < -0.39 is 4.92 Å². The first-order valence-electron chi connectivity index (χ1n) is 6.78. The summed E-state index contributed by atoms with van der Waals surface area (Å²) < 4.78 is 10.4. The maximum Gasteiger partial charge on any atom is 0.287 e. The van der Waals surface area contributed by atoms with Crippen LogP contribution in [0.15, 0.2) is 34.9 Å². The summed E-state index contributed by atoms with van der Waals surface area (Å²) >= 11 is 0. The highest BCUT2D eigenvalue weighted by Gasteiger charge is 2.14. The van der Waals surface area contributed by atoms with Gasteiger partial charge in [0.2, 0.25) is 5.89 Å². The summed E-state index contributed by atoms with van der Waals surface area (Å²) in [5.41, 5.74) is 1.04. The Morgan fingerprint density at radius 3 is 2.88 bits per heavy atom. The van der Waals surface area contributed by atoms with Gasteiger partial charge in [0.1, 0.15) is 5.69 Å². The van der Waals surface area contributed by atoms with Crippen LogP contribution in [0.2, 0.25) is 0 Å². The van der Waals surface area contributed by atoms with E-state index in [1.807, 2.05) is 0 Å². The zero-order valence-electron chi connectivity index (χ0n) is 12.5. The monoisotopic (exact) mass is 328 g/mol. The summed E-state index contributed by atoms with van der Waals surface area (Å²) in [5, 5.41) is 27.9. The molecule has 0 aliphatic carbocycles. The Hall–Kier alpha value is -3.62. The van der Waals surface area contributed by atoms with Gasteiger partial charge in [0.05, 0.1) is 18.2 Å². The normalized spacial score (nSPS) is 11.0. The summed E-state index contributed by atoms with van der Waals surface area (Å²) in [7, 11) is 1.46. The number of phenols is 1. The van der Waals surface area contributed by atoms with Crippen molar-refractivity contribution in [1.82, 2.24) is 15.2 Å². The highest BCUT2D eigenvalue weighted by molar-refractivity contribution is 5.68. The summed E-state index contributed by atoms with van der Waals surface area (Å²) in [6, 6.07) is 6.17. The van der Waals surface area contributed by atoms with Crippen molar-refractivity contribution in [1.29, 1.82) is 0 Å². The average molecular weight is 328 g/mol. The zero-order valence-corrected chi connectivity index (χ0v) is 12.5. The number of nitrogens with zero attached hydrogens (tertiary/aromatic N) is 3. The van der Waals surface area contributed by atoms with Gasteiger partial charge in [0.15, 0.2) is 11.5 Å². The molecule has 0 unspecified atom stereocenters. The Morgan fingerprint density at radius 1 is 1.33 bits per heavy atom. The number of nitrogens with one attached hydrogen (secondary N) is 1. The maximum absolute atomic E-state index is 10.7. The van der Waals surface area contributed by atoms with Gasteiger partial charge >= 0.3 is 0 Å². The van der Waals surface area contributed by atoms with E-state index in [2.05, 4.69) is 15.2 Å². The predicted octanol–water partition coefficient (Wildman–Crippen LogP) is 2.86. The third-order valence-electron chi connectivity index (χ3n) is 3.17. The lowest BCUT2D eigenvalue weighted by Gasteiger charge is -2.03. The van der Waals surface area contributed by atoms with Crippen molar-refractivity contribution < 1.29 is 19.2 Å². The number of H-pyrrole nitrogens is 1. The standard InChI is InChI=1S/C15H12N4O5/c1-23-13-6-9(2-4-12(13)20)3-5-14-17-18-15(24-14)11-7-10(8-16-11)19(21)22/h2-8,16,20H,1H3/b5-3+. The summed E-state index contributed by atoms with van der Waals surface area (Å²) in [6.07, 6.45) is 4.54. The average Bonchev–Trinajstić information content (AvgIpc) is 3.23. The molecule has 3 aromatic rings. The molecule has 122 valence electrons. The van der Waals surface area contributed by atoms with Crippen molar-refractivity contribution in [2.45, 2.75) is 0 Å². The number of methoxy groups -OCH3 is 1. The van der Waals surface area contributed by atoms with Crippen molar-refractivity contribution in [2.24, 2.45) is 0 Å². The number of nitro groups is 1. The van der Waals surface area contributed by atoms with Crippen molar-refractivity contribution in [3.05, 3.63) is 52.0 Å². The van der Waals surface area contributed by atoms with Gasteiger partial charge in [-0.05, 0) is 23.8 Å². The Balaban J connectivity index is 1.79. The fourth-order valence-electron chi connectivity index (χ4n) is 1.99. The van der Waals surface area contributed by atoms with E-state index in [1.165, 1.54) is 25.4 Å². The molecule has 0 radical (unpaired) electrons. The van der Waals surface area contributed by atoms with Crippen molar-refractivity contribution in [3.63, 3.8) is 0 Å². The highest BCUT2D eigenvalue weighted by Crippen LogP contribution is 2.27. The molecule has 0 saturated heterocycles. The van der Waals surface area contributed by atoms with E-state index in [1.54, 1.807) is 24.3 Å². The zero-order chi connectivity index (χ0) is 17.1. The fourth-order valence-corrected chi connectivity index (χ4v) is 1.99. The predicted molar refractivity (Wildman–Crippen MR) is 84.3 cm³/mol. The van der Waals surface area contributed by atoms with Crippen LogP contribution in [0.5, 0.6) is 11.5 Å². The minimum absolute atomic E-state index is 0.0445. The van der Waals surface area contributed by atoms with Gasteiger partial charge in [0, 0.05) is 12.1 Å². The number of aromatic hydroxyl groups is 1. The summed E-state index contributed by atoms with van der Waals surface area (Å²) in [6.45, 7) is 0. The van der Waals surface area contributed by atoms with Crippen LogP contribution in [0.3, 0.4) is 0 Å². The van der Waals surface area contributed by atoms with Crippen molar-refractivity contribution in [2.75, 3.05) is 7.11 Å². The molecule has 0 atom stereocenters. The minimum atomic E-state index is -0.518. The van der Waals surface area contributed by atoms with Gasteiger partial charge in [-0.3, -0.25) is 10.1 Å². The molecule has 9 heteroatoms. The molecule has 0 amide bonds. The van der Waals surface area contributed by atoms with Gasteiger partial charge in [0.25, 0.3) is 11.6 Å². The number of hydrogen-bond acceptors (Lipinski definition) is 7. The molecule has 0 aliphatic rings. The van der Waals surface area contributed by atoms with Gasteiger partial charge in [-0.15, -0.1) is 10.2 Å². The molecule has 0 spiro atoms. The number of aromatic nitrogens is 3. The summed E-state index contributed by atoms with van der Waals surface area (Å²) in [4.78, 5) is 12.9. The van der Waals surface area contributed by atoms with Crippen LogP contribution in [-0.2, 0) is 0 Å². The van der Waals surface area contributed by atoms with Gasteiger partial charge in [-0.2, -0.15) is 0 Å². The number of hydrogen-bond donors (Lipinski definition) is 2. The number of ether oxygens (including phenoxy) is 1. The van der Waals surface area contributed by atoms with Crippen LogP contribution in [0.1, 0.15) is 11.5 Å². The number of aromatic amines is 1. The molecular formula is C15H12N4O5. The van der Waals surface area contributed by atoms with E-state index >= 15 is 0 Å². The lowest BCUT2D eigenvalue weighted by atomic mass is 10.2. The first-order chi connectivity index (χ1) is 11.6. The Kier molecular flexibility index (Phi) is 3.98. The second-order valence-electron chi connectivity index (χ2n) is 4.74. The van der Waals surface area contributed by atoms with Crippen LogP contribution in [0.25, 0.3) is 23.7 Å². The fraction of sp³-hybridized carbons (Fsp3) is 0.0667. The molecule has 0 fully saturated rings. The van der Waals surface area contributed by atoms with Crippen LogP contribution in [0.4, 0.5) is 5.69 Å². The largest absolute Gasteiger partial charge is 0.504 e. The molecule has 3 rings (SSSR count). The number of rotatable bonds is 5. The number of phenolic OH excluding ortho intramolecular Hbond substituents is 1. The Labute approximate surface area is 135 Å². The van der Waals surface area contributed by atoms with E-state index in [0.717, 1.165) is 5.56 Å². The molecule has 24 heavy (non-hydrogen) atoms. The second-order valence-corrected chi connectivity index (χ2v) is 4.74. The van der Waals surface area contributed by atoms with Gasteiger partial charge in [-0.1, -0.05) is 6.07 Å². The topological polar surface area (TPSA) is 127 Å². The van der Waals surface area contributed by atoms with Gasteiger partial charge in [-0.25, -0.2) is 0 Å². The third kappa shape index (κ3) is 3.09. The van der Waals surface area contributed by atoms with Crippen molar-refractivity contribution >= 4 is 17.8 Å². The van der Waals surface area contributed by atoms with E-state index in [-0.39, 0.29) is 23.2 Å². The van der Waals surface area contributed by atoms with E-state index in [0.29, 0.717) is 11.4 Å². The quantitative estimate of drug-likeness (QED) is 0.544. The minimum Gasteiger partial charge on any atom is -0.504 e. The SMILES string of the molecule is COc1cc(/C=C/c2nnc(-c3cc([N+](=O)[O-])c[nH]3)o2)ccc1O. The molecule has 9 nitrogen and oxygen atoms in total. The van der Waals surface area contributed by atoms with E-state index in [9.17, 15) is 15.2 Å². The molecule has 2 aromatic heterocycles. The highest BCUT2D eigenvalue weighted by atomic mass is 16.6. The summed E-state index contributed by atoms with van der Waals surface area (Å²) in [5.74, 6) is 0.769. The molecule has 1 aromatic carbocycles. The van der Waals surface area contributed by atoms with Crippen molar-refractivity contribution in [3.8, 4) is 23.1 Å². The number of benzene rings is 1. The lowest BCUT2D eigenvalue weighted by molar-refractivity contribution is -0.384. The molecule has 0 aliphatic heterocycles. The molecule has 0 bridgehead atoms. The smallest absolute Gasteiger partial charge is 0.287 e. The third-order valence-corrected chi connectivity index (χ3v) is 3.17. The van der Waals surface area contributed by atoms with Crippen LogP contribution in [-0.4, -0.2) is 32.3 Å². The van der Waals surface area contributed by atoms with Crippen LogP contribution < -0.4 is 4.74 Å².